The Morgan fingerprint density at radius 1 is 1.07 bits per heavy atom. The van der Waals surface area contributed by atoms with E-state index in [1.54, 1.807) is 18.2 Å². The molecule has 8 heteroatoms. The van der Waals surface area contributed by atoms with E-state index in [0.717, 1.165) is 19.3 Å². The molecular weight excluding hydrogens is 364 g/mol. The average Bonchev–Trinajstić information content (AvgIpc) is 3.40. The van der Waals surface area contributed by atoms with Gasteiger partial charge in [-0.2, -0.15) is 0 Å². The first-order valence-corrected chi connectivity index (χ1v) is 9.61. The minimum atomic E-state index is -0.718. The van der Waals surface area contributed by atoms with Crippen LogP contribution in [0.15, 0.2) is 18.2 Å². The lowest BCUT2D eigenvalue weighted by atomic mass is 10.2. The predicted octanol–water partition coefficient (Wildman–Crippen LogP) is 3.11. The highest BCUT2D eigenvalue weighted by Crippen LogP contribution is 2.38. The van der Waals surface area contributed by atoms with Gasteiger partial charge in [0.25, 0.3) is 5.91 Å². The summed E-state index contributed by atoms with van der Waals surface area (Å²) in [6.45, 7) is 6.53. The lowest BCUT2D eigenvalue weighted by molar-refractivity contribution is -0.149. The van der Waals surface area contributed by atoms with Crippen molar-refractivity contribution in [3.8, 4) is 11.5 Å². The van der Waals surface area contributed by atoms with E-state index < -0.39 is 24.5 Å². The highest BCUT2D eigenvalue weighted by molar-refractivity contribution is 6.02. The van der Waals surface area contributed by atoms with Crippen molar-refractivity contribution in [2.24, 2.45) is 11.8 Å². The molecule has 2 rings (SSSR count). The van der Waals surface area contributed by atoms with Crippen LogP contribution in [-0.2, 0) is 14.3 Å². The first-order chi connectivity index (χ1) is 13.4. The number of rotatable bonds is 10. The molecule has 0 spiro atoms. The van der Waals surface area contributed by atoms with E-state index in [9.17, 15) is 14.4 Å². The summed E-state index contributed by atoms with van der Waals surface area (Å²) in [5.74, 6) is 0.197. The molecule has 1 aromatic rings. The van der Waals surface area contributed by atoms with Crippen LogP contribution in [0.2, 0.25) is 0 Å². The number of anilines is 1. The Bertz CT molecular complexity index is 706. The van der Waals surface area contributed by atoms with Gasteiger partial charge in [0, 0.05) is 11.8 Å². The zero-order valence-corrected chi connectivity index (χ0v) is 16.6. The smallest absolute Gasteiger partial charge is 0.325 e. The molecule has 1 saturated carbocycles. The largest absolute Gasteiger partial charge is 0.490 e. The van der Waals surface area contributed by atoms with E-state index in [2.05, 4.69) is 10.6 Å². The second-order valence-electron chi connectivity index (χ2n) is 6.79. The molecule has 0 radical (unpaired) electrons. The van der Waals surface area contributed by atoms with E-state index in [-0.39, 0.29) is 5.92 Å². The van der Waals surface area contributed by atoms with Crippen LogP contribution in [0.5, 0.6) is 11.5 Å². The van der Waals surface area contributed by atoms with Crippen LogP contribution in [0.1, 0.15) is 40.0 Å². The summed E-state index contributed by atoms with van der Waals surface area (Å²) in [6.07, 6.45) is 2.47. The summed E-state index contributed by atoms with van der Waals surface area (Å²) in [6, 6.07) is 4.28. The molecule has 0 unspecified atom stereocenters. The summed E-state index contributed by atoms with van der Waals surface area (Å²) < 4.78 is 16.2. The molecule has 0 aromatic heterocycles. The third kappa shape index (κ3) is 6.75. The van der Waals surface area contributed by atoms with Crippen LogP contribution in [0.4, 0.5) is 10.5 Å². The number of imide groups is 1. The van der Waals surface area contributed by atoms with Gasteiger partial charge in [-0.3, -0.25) is 14.9 Å². The predicted molar refractivity (Wildman–Crippen MR) is 103 cm³/mol. The molecule has 0 heterocycles. The van der Waals surface area contributed by atoms with Gasteiger partial charge in [0.15, 0.2) is 18.1 Å². The van der Waals surface area contributed by atoms with Crippen molar-refractivity contribution in [1.29, 1.82) is 0 Å². The molecule has 8 nitrogen and oxygen atoms in total. The first kappa shape index (κ1) is 21.5. The number of urea groups is 1. The van der Waals surface area contributed by atoms with Gasteiger partial charge < -0.3 is 19.5 Å². The van der Waals surface area contributed by atoms with Crippen molar-refractivity contribution in [2.45, 2.75) is 40.0 Å². The normalized spacial score (nSPS) is 17.4. The molecule has 1 fully saturated rings. The van der Waals surface area contributed by atoms with Crippen LogP contribution in [0.25, 0.3) is 0 Å². The third-order valence-corrected chi connectivity index (χ3v) is 4.14. The van der Waals surface area contributed by atoms with Gasteiger partial charge in [0.2, 0.25) is 0 Å². The number of carbonyl (C=O) groups excluding carboxylic acids is 3. The Morgan fingerprint density at radius 3 is 2.32 bits per heavy atom. The van der Waals surface area contributed by atoms with Crippen molar-refractivity contribution in [1.82, 2.24) is 5.32 Å². The minimum Gasteiger partial charge on any atom is -0.490 e. The van der Waals surface area contributed by atoms with Crippen LogP contribution in [-0.4, -0.2) is 37.7 Å². The first-order valence-electron chi connectivity index (χ1n) is 9.61. The maximum Gasteiger partial charge on any atom is 0.325 e. The summed E-state index contributed by atoms with van der Waals surface area (Å²) >= 11 is 0. The maximum atomic E-state index is 12.0. The molecule has 0 bridgehead atoms. The number of carbonyl (C=O) groups is 3. The Kier molecular flexibility index (Phi) is 8.10. The van der Waals surface area contributed by atoms with Crippen molar-refractivity contribution >= 4 is 23.6 Å². The van der Waals surface area contributed by atoms with Crippen molar-refractivity contribution in [3.63, 3.8) is 0 Å². The fourth-order valence-corrected chi connectivity index (χ4v) is 2.46. The lowest BCUT2D eigenvalue weighted by Crippen LogP contribution is -2.37. The summed E-state index contributed by atoms with van der Waals surface area (Å²) in [7, 11) is 0. The number of hydrogen-bond donors (Lipinski definition) is 2. The van der Waals surface area contributed by atoms with Crippen LogP contribution in [0.3, 0.4) is 0 Å². The van der Waals surface area contributed by atoms with E-state index in [0.29, 0.717) is 36.3 Å². The Labute approximate surface area is 164 Å². The van der Waals surface area contributed by atoms with Gasteiger partial charge in [-0.25, -0.2) is 4.79 Å². The summed E-state index contributed by atoms with van der Waals surface area (Å²) in [5, 5.41) is 4.68. The quantitative estimate of drug-likeness (QED) is 0.593. The van der Waals surface area contributed by atoms with Gasteiger partial charge in [0.1, 0.15) is 0 Å². The number of benzene rings is 1. The van der Waals surface area contributed by atoms with E-state index in [1.165, 1.54) is 0 Å². The lowest BCUT2D eigenvalue weighted by Gasteiger charge is -2.14. The number of ether oxygens (including phenoxy) is 3. The molecule has 2 N–H and O–H groups in total. The Morgan fingerprint density at radius 2 is 1.71 bits per heavy atom. The maximum absolute atomic E-state index is 12.0. The molecular formula is C20H28N2O6. The number of esters is 1. The van der Waals surface area contributed by atoms with Gasteiger partial charge in [0.05, 0.1) is 19.1 Å². The zero-order chi connectivity index (χ0) is 20.5. The van der Waals surface area contributed by atoms with E-state index in [4.69, 9.17) is 14.2 Å². The molecule has 28 heavy (non-hydrogen) atoms. The molecule has 3 amide bonds. The monoisotopic (exact) mass is 392 g/mol. The molecule has 1 aliphatic rings. The highest BCUT2D eigenvalue weighted by Gasteiger charge is 2.40. The number of nitrogens with one attached hydrogen (secondary N) is 2. The molecule has 1 aromatic carbocycles. The van der Waals surface area contributed by atoms with E-state index in [1.807, 2.05) is 20.8 Å². The molecule has 1 aliphatic carbocycles. The average molecular weight is 392 g/mol. The van der Waals surface area contributed by atoms with Crippen molar-refractivity contribution < 1.29 is 28.6 Å². The molecule has 0 saturated heterocycles. The zero-order valence-electron chi connectivity index (χ0n) is 16.6. The van der Waals surface area contributed by atoms with Crippen LogP contribution >= 0.6 is 0 Å². The minimum absolute atomic E-state index is 0.128. The van der Waals surface area contributed by atoms with E-state index >= 15 is 0 Å². The molecule has 0 aliphatic heterocycles. The highest BCUT2D eigenvalue weighted by atomic mass is 16.5. The number of hydrogen-bond acceptors (Lipinski definition) is 6. The van der Waals surface area contributed by atoms with Crippen molar-refractivity contribution in [3.05, 3.63) is 18.2 Å². The molecule has 2 atom stereocenters. The SMILES string of the molecule is CCCOc1ccc(NC(=O)NC(=O)COC(=O)[C@@H]2C[C@@H]2C)cc1OCCC. The second kappa shape index (κ2) is 10.5. The fourth-order valence-electron chi connectivity index (χ4n) is 2.46. The van der Waals surface area contributed by atoms with Crippen LogP contribution in [0, 0.1) is 11.8 Å². The summed E-state index contributed by atoms with van der Waals surface area (Å²) in [5.41, 5.74) is 0.448. The second-order valence-corrected chi connectivity index (χ2v) is 6.79. The molecule has 154 valence electrons. The third-order valence-electron chi connectivity index (χ3n) is 4.14. The summed E-state index contributed by atoms with van der Waals surface area (Å²) in [4.78, 5) is 35.4. The number of amides is 3. The van der Waals surface area contributed by atoms with Crippen LogP contribution < -0.4 is 20.1 Å². The fraction of sp³-hybridized carbons (Fsp3) is 0.550. The van der Waals surface area contributed by atoms with Gasteiger partial charge in [-0.15, -0.1) is 0 Å². The topological polar surface area (TPSA) is 103 Å². The van der Waals surface area contributed by atoms with Gasteiger partial charge >= 0.3 is 12.0 Å². The standard InChI is InChI=1S/C20H28N2O6/c1-4-8-26-16-7-6-14(11-17(16)27-9-5-2)21-20(25)22-18(23)12-28-19(24)15-10-13(15)3/h6-7,11,13,15H,4-5,8-10,12H2,1-3H3,(H2,21,22,23,25)/t13-,15+/m0/s1. The Hall–Kier alpha value is -2.77. The van der Waals surface area contributed by atoms with Gasteiger partial charge in [-0.1, -0.05) is 20.8 Å². The van der Waals surface area contributed by atoms with Gasteiger partial charge in [-0.05, 0) is 37.3 Å². The Balaban J connectivity index is 1.85. The van der Waals surface area contributed by atoms with Crippen molar-refractivity contribution in [2.75, 3.05) is 25.1 Å².